The van der Waals surface area contributed by atoms with Gasteiger partial charge in [-0.1, -0.05) is 42.5 Å². The van der Waals surface area contributed by atoms with Gasteiger partial charge in [-0.25, -0.2) is 9.48 Å². The highest BCUT2D eigenvalue weighted by molar-refractivity contribution is 6.00. The Bertz CT molecular complexity index is 1610. The third kappa shape index (κ3) is 5.14. The van der Waals surface area contributed by atoms with Gasteiger partial charge in [0.15, 0.2) is 12.4 Å². The maximum atomic E-state index is 12.7. The molecule has 0 fully saturated rings. The molecule has 37 heavy (non-hydrogen) atoms. The van der Waals surface area contributed by atoms with Gasteiger partial charge in [-0.15, -0.1) is 0 Å². The highest BCUT2D eigenvalue weighted by atomic mass is 16.5. The van der Waals surface area contributed by atoms with E-state index in [1.807, 2.05) is 99.8 Å². The number of Topliss-reactive ketones (excluding diaryl/α,β-unsaturated/α-hetero) is 1. The number of nitrogens with zero attached hydrogens (tertiary/aromatic N) is 2. The van der Waals surface area contributed by atoms with Crippen molar-refractivity contribution in [1.29, 1.82) is 0 Å². The summed E-state index contributed by atoms with van der Waals surface area (Å²) in [6.07, 6.45) is 4.76. The van der Waals surface area contributed by atoms with Crippen LogP contribution < -0.4 is 0 Å². The van der Waals surface area contributed by atoms with Crippen LogP contribution in [0, 0.1) is 20.8 Å². The van der Waals surface area contributed by atoms with Crippen LogP contribution in [0.25, 0.3) is 34.2 Å². The van der Waals surface area contributed by atoms with E-state index in [1.165, 1.54) is 6.08 Å². The zero-order valence-electron chi connectivity index (χ0n) is 20.9. The van der Waals surface area contributed by atoms with Crippen LogP contribution in [0.5, 0.6) is 0 Å². The van der Waals surface area contributed by atoms with Gasteiger partial charge in [0.25, 0.3) is 0 Å². The second-order valence-corrected chi connectivity index (χ2v) is 8.98. The second-order valence-electron chi connectivity index (χ2n) is 8.98. The van der Waals surface area contributed by atoms with E-state index in [2.05, 4.69) is 0 Å². The minimum Gasteiger partial charge on any atom is -0.454 e. The lowest BCUT2D eigenvalue weighted by Gasteiger charge is -2.09. The highest BCUT2D eigenvalue weighted by Crippen LogP contribution is 2.30. The van der Waals surface area contributed by atoms with Gasteiger partial charge in [0.1, 0.15) is 11.3 Å². The molecule has 5 aromatic rings. The second kappa shape index (κ2) is 10.1. The van der Waals surface area contributed by atoms with Crippen LogP contribution in [0.1, 0.15) is 32.6 Å². The lowest BCUT2D eigenvalue weighted by Crippen LogP contribution is -2.14. The van der Waals surface area contributed by atoms with Crippen molar-refractivity contribution >= 4 is 28.8 Å². The van der Waals surface area contributed by atoms with Crippen molar-refractivity contribution in [2.24, 2.45) is 0 Å². The number of fused-ring (bicyclic) bond motifs is 1. The zero-order valence-corrected chi connectivity index (χ0v) is 20.9. The number of aryl methyl sites for hydroxylation is 3. The zero-order chi connectivity index (χ0) is 25.9. The summed E-state index contributed by atoms with van der Waals surface area (Å²) < 4.78 is 13.0. The molecule has 0 bridgehead atoms. The average Bonchev–Trinajstić information content (AvgIpc) is 3.53. The van der Waals surface area contributed by atoms with Crippen LogP contribution in [0.3, 0.4) is 0 Å². The summed E-state index contributed by atoms with van der Waals surface area (Å²) in [5, 5.41) is 5.69. The number of para-hydroxylation sites is 2. The van der Waals surface area contributed by atoms with Crippen molar-refractivity contribution in [3.63, 3.8) is 0 Å². The largest absolute Gasteiger partial charge is 0.454 e. The fraction of sp³-hybridized carbons (Fsp3) is 0.129. The molecule has 6 heteroatoms. The first-order valence-corrected chi connectivity index (χ1v) is 12.0. The molecular formula is C31H26N2O4. The standard InChI is InChI=1S/C31H26N2O4/c1-20-15-22(3)26(16-21(20)2)27(34)19-36-30(35)14-13-24-18-33(25-10-5-4-6-11-25)32-31(24)29-17-23-9-7-8-12-28(23)37-29/h4-18H,19H2,1-3H3. The van der Waals surface area contributed by atoms with E-state index in [1.54, 1.807) is 10.8 Å². The van der Waals surface area contributed by atoms with Gasteiger partial charge in [0.05, 0.1) is 5.69 Å². The van der Waals surface area contributed by atoms with Crippen LogP contribution in [-0.2, 0) is 9.53 Å². The Labute approximate surface area is 214 Å². The van der Waals surface area contributed by atoms with Crippen molar-refractivity contribution in [2.75, 3.05) is 6.61 Å². The fourth-order valence-corrected chi connectivity index (χ4v) is 4.19. The van der Waals surface area contributed by atoms with E-state index in [-0.39, 0.29) is 12.4 Å². The molecule has 0 atom stereocenters. The Morgan fingerprint density at radius 1 is 0.919 bits per heavy atom. The van der Waals surface area contributed by atoms with Crippen molar-refractivity contribution in [1.82, 2.24) is 9.78 Å². The highest BCUT2D eigenvalue weighted by Gasteiger charge is 2.16. The van der Waals surface area contributed by atoms with E-state index in [4.69, 9.17) is 14.3 Å². The Hall–Kier alpha value is -4.71. The van der Waals surface area contributed by atoms with Crippen molar-refractivity contribution in [3.8, 4) is 17.1 Å². The van der Waals surface area contributed by atoms with Crippen LogP contribution in [0.4, 0.5) is 0 Å². The summed E-state index contributed by atoms with van der Waals surface area (Å²) in [5.41, 5.74) is 6.46. The smallest absolute Gasteiger partial charge is 0.331 e. The lowest BCUT2D eigenvalue weighted by molar-refractivity contribution is -0.136. The van der Waals surface area contributed by atoms with Crippen LogP contribution >= 0.6 is 0 Å². The number of carbonyl (C=O) groups excluding carboxylic acids is 2. The van der Waals surface area contributed by atoms with E-state index in [9.17, 15) is 9.59 Å². The van der Waals surface area contributed by atoms with Crippen LogP contribution in [-0.4, -0.2) is 28.1 Å². The molecule has 2 heterocycles. The minimum absolute atomic E-state index is 0.234. The molecule has 0 amide bonds. The summed E-state index contributed by atoms with van der Waals surface area (Å²) in [6, 6.07) is 23.1. The van der Waals surface area contributed by atoms with E-state index >= 15 is 0 Å². The predicted octanol–water partition coefficient (Wildman–Crippen LogP) is 6.65. The number of carbonyl (C=O) groups is 2. The monoisotopic (exact) mass is 490 g/mol. The quantitative estimate of drug-likeness (QED) is 0.145. The summed E-state index contributed by atoms with van der Waals surface area (Å²) in [4.78, 5) is 25.2. The summed E-state index contributed by atoms with van der Waals surface area (Å²) >= 11 is 0. The molecule has 5 rings (SSSR count). The molecule has 0 saturated carbocycles. The molecule has 0 radical (unpaired) electrons. The first kappa shape index (κ1) is 24.0. The molecule has 0 saturated heterocycles. The van der Waals surface area contributed by atoms with E-state index in [0.29, 0.717) is 22.6 Å². The predicted molar refractivity (Wildman–Crippen MR) is 144 cm³/mol. The SMILES string of the molecule is Cc1cc(C)c(C(=O)COC(=O)C=Cc2cn(-c3ccccc3)nc2-c2cc3ccccc3o2)cc1C. The number of esters is 1. The molecular weight excluding hydrogens is 464 g/mol. The number of furan rings is 1. The Balaban J connectivity index is 1.38. The third-order valence-corrected chi connectivity index (χ3v) is 6.31. The molecule has 0 aliphatic rings. The van der Waals surface area contributed by atoms with Gasteiger partial charge in [0, 0.05) is 28.8 Å². The van der Waals surface area contributed by atoms with Gasteiger partial charge < -0.3 is 9.15 Å². The van der Waals surface area contributed by atoms with E-state index in [0.717, 1.165) is 33.3 Å². The Morgan fingerprint density at radius 2 is 1.65 bits per heavy atom. The number of benzene rings is 3. The molecule has 6 nitrogen and oxygen atoms in total. The van der Waals surface area contributed by atoms with Crippen LogP contribution in [0.15, 0.2) is 89.5 Å². The van der Waals surface area contributed by atoms with E-state index < -0.39 is 5.97 Å². The number of ether oxygens (including phenoxy) is 1. The normalized spacial score (nSPS) is 11.3. The van der Waals surface area contributed by atoms with Gasteiger partial charge >= 0.3 is 5.97 Å². The number of hydrogen-bond donors (Lipinski definition) is 0. The summed E-state index contributed by atoms with van der Waals surface area (Å²) in [6.45, 7) is 5.51. The Morgan fingerprint density at radius 3 is 2.43 bits per heavy atom. The molecule has 0 aliphatic carbocycles. The third-order valence-electron chi connectivity index (χ3n) is 6.31. The van der Waals surface area contributed by atoms with Crippen molar-refractivity contribution < 1.29 is 18.7 Å². The maximum Gasteiger partial charge on any atom is 0.331 e. The van der Waals surface area contributed by atoms with Gasteiger partial charge in [-0.3, -0.25) is 4.79 Å². The first-order chi connectivity index (χ1) is 17.9. The minimum atomic E-state index is -0.613. The topological polar surface area (TPSA) is 74.3 Å². The average molecular weight is 491 g/mol. The Kier molecular flexibility index (Phi) is 6.56. The summed E-state index contributed by atoms with van der Waals surface area (Å²) in [5.74, 6) is -0.260. The molecule has 0 N–H and O–H groups in total. The number of aromatic nitrogens is 2. The molecule has 3 aromatic carbocycles. The van der Waals surface area contributed by atoms with Gasteiger partial charge in [-0.05, 0) is 73.9 Å². The number of rotatable bonds is 7. The summed E-state index contributed by atoms with van der Waals surface area (Å²) in [7, 11) is 0. The van der Waals surface area contributed by atoms with Crippen LogP contribution in [0.2, 0.25) is 0 Å². The van der Waals surface area contributed by atoms with Crippen molar-refractivity contribution in [3.05, 3.63) is 113 Å². The number of ketones is 1. The number of hydrogen-bond acceptors (Lipinski definition) is 5. The fourth-order valence-electron chi connectivity index (χ4n) is 4.19. The molecule has 184 valence electrons. The first-order valence-electron chi connectivity index (χ1n) is 12.0. The maximum absolute atomic E-state index is 12.7. The molecule has 0 spiro atoms. The lowest BCUT2D eigenvalue weighted by atomic mass is 9.98. The molecule has 0 unspecified atom stereocenters. The van der Waals surface area contributed by atoms with Crippen molar-refractivity contribution in [2.45, 2.75) is 20.8 Å². The van der Waals surface area contributed by atoms with Gasteiger partial charge in [0.2, 0.25) is 5.78 Å². The molecule has 0 aliphatic heterocycles. The molecule has 2 aromatic heterocycles. The van der Waals surface area contributed by atoms with Gasteiger partial charge in [-0.2, -0.15) is 5.10 Å².